The van der Waals surface area contributed by atoms with Crippen LogP contribution in [0.15, 0.2) is 18.2 Å². The number of anilines is 1. The SMILES string of the molecule is CN(C)C(=O)C1CCN(Cc2c(Cl)cccc2N2CCCC2)CC1. The van der Waals surface area contributed by atoms with Crippen molar-refractivity contribution in [2.45, 2.75) is 32.2 Å². The molecule has 0 saturated carbocycles. The first-order chi connectivity index (χ1) is 11.6. The summed E-state index contributed by atoms with van der Waals surface area (Å²) in [5.41, 5.74) is 2.55. The number of benzene rings is 1. The van der Waals surface area contributed by atoms with Crippen LogP contribution in [0.1, 0.15) is 31.2 Å². The number of nitrogens with zero attached hydrogens (tertiary/aromatic N) is 3. The Morgan fingerprint density at radius 2 is 1.83 bits per heavy atom. The zero-order valence-corrected chi connectivity index (χ0v) is 15.6. The molecular formula is C19H28ClN3O. The second kappa shape index (κ2) is 7.75. The lowest BCUT2D eigenvalue weighted by atomic mass is 9.95. The van der Waals surface area contributed by atoms with Gasteiger partial charge in [0.2, 0.25) is 5.91 Å². The molecule has 0 atom stereocenters. The molecule has 1 amide bonds. The summed E-state index contributed by atoms with van der Waals surface area (Å²) in [7, 11) is 3.70. The highest BCUT2D eigenvalue weighted by Crippen LogP contribution is 2.32. The van der Waals surface area contributed by atoms with Gasteiger partial charge >= 0.3 is 0 Å². The maximum Gasteiger partial charge on any atom is 0.225 e. The van der Waals surface area contributed by atoms with Crippen LogP contribution >= 0.6 is 11.6 Å². The molecule has 0 radical (unpaired) electrons. The van der Waals surface area contributed by atoms with Crippen LogP contribution in [0.5, 0.6) is 0 Å². The van der Waals surface area contributed by atoms with Gasteiger partial charge in [0.15, 0.2) is 0 Å². The molecule has 0 bridgehead atoms. The van der Waals surface area contributed by atoms with E-state index < -0.39 is 0 Å². The largest absolute Gasteiger partial charge is 0.371 e. The molecule has 0 aliphatic carbocycles. The molecule has 2 aliphatic heterocycles. The van der Waals surface area contributed by atoms with Crippen LogP contribution in [0.25, 0.3) is 0 Å². The van der Waals surface area contributed by atoms with E-state index in [4.69, 9.17) is 11.6 Å². The van der Waals surface area contributed by atoms with Gasteiger partial charge in [0.25, 0.3) is 0 Å². The van der Waals surface area contributed by atoms with E-state index >= 15 is 0 Å². The molecule has 4 nitrogen and oxygen atoms in total. The maximum absolute atomic E-state index is 12.1. The molecule has 1 aromatic carbocycles. The lowest BCUT2D eigenvalue weighted by Crippen LogP contribution is -2.40. The average molecular weight is 350 g/mol. The molecule has 0 spiro atoms. The van der Waals surface area contributed by atoms with Crippen molar-refractivity contribution in [2.75, 3.05) is 45.2 Å². The van der Waals surface area contributed by atoms with E-state index in [1.807, 2.05) is 20.2 Å². The number of piperidine rings is 1. The molecule has 3 rings (SSSR count). The third-order valence-corrected chi connectivity index (χ3v) is 5.65. The first kappa shape index (κ1) is 17.6. The van der Waals surface area contributed by atoms with Crippen LogP contribution < -0.4 is 4.90 Å². The molecule has 2 saturated heterocycles. The smallest absolute Gasteiger partial charge is 0.225 e. The van der Waals surface area contributed by atoms with E-state index in [0.717, 1.165) is 50.6 Å². The van der Waals surface area contributed by atoms with Crippen LogP contribution in [0.3, 0.4) is 0 Å². The molecule has 0 aromatic heterocycles. The highest BCUT2D eigenvalue weighted by atomic mass is 35.5. The zero-order chi connectivity index (χ0) is 17.1. The molecule has 5 heteroatoms. The summed E-state index contributed by atoms with van der Waals surface area (Å²) in [5.74, 6) is 0.450. The predicted octanol–water partition coefficient (Wildman–Crippen LogP) is 3.24. The van der Waals surface area contributed by atoms with Gasteiger partial charge in [-0.15, -0.1) is 0 Å². The monoisotopic (exact) mass is 349 g/mol. The van der Waals surface area contributed by atoms with Crippen molar-refractivity contribution in [1.29, 1.82) is 0 Å². The quantitative estimate of drug-likeness (QED) is 0.835. The number of amides is 1. The third-order valence-electron chi connectivity index (χ3n) is 5.30. The lowest BCUT2D eigenvalue weighted by molar-refractivity contribution is -0.134. The Bertz CT molecular complexity index is 576. The van der Waals surface area contributed by atoms with Crippen LogP contribution in [0.4, 0.5) is 5.69 Å². The normalized spacial score (nSPS) is 19.7. The molecule has 2 fully saturated rings. The van der Waals surface area contributed by atoms with Crippen LogP contribution in [0, 0.1) is 5.92 Å². The van der Waals surface area contributed by atoms with Gasteiger partial charge in [-0.05, 0) is 50.9 Å². The highest BCUT2D eigenvalue weighted by Gasteiger charge is 2.27. The first-order valence-corrected chi connectivity index (χ1v) is 9.40. The molecule has 24 heavy (non-hydrogen) atoms. The molecule has 2 aliphatic rings. The van der Waals surface area contributed by atoms with Crippen molar-refractivity contribution in [1.82, 2.24) is 9.80 Å². The number of likely N-dealkylation sites (tertiary alicyclic amines) is 1. The fourth-order valence-electron chi connectivity index (χ4n) is 3.88. The summed E-state index contributed by atoms with van der Waals surface area (Å²) in [6.45, 7) is 5.08. The second-order valence-corrected chi connectivity index (χ2v) is 7.62. The molecular weight excluding hydrogens is 322 g/mol. The lowest BCUT2D eigenvalue weighted by Gasteiger charge is -2.33. The second-order valence-electron chi connectivity index (χ2n) is 7.21. The van der Waals surface area contributed by atoms with E-state index in [1.165, 1.54) is 24.1 Å². The summed E-state index contributed by atoms with van der Waals surface area (Å²) < 4.78 is 0. The molecule has 0 N–H and O–H groups in total. The predicted molar refractivity (Wildman–Crippen MR) is 99.6 cm³/mol. The number of rotatable bonds is 4. The van der Waals surface area contributed by atoms with Crippen molar-refractivity contribution in [2.24, 2.45) is 5.92 Å². The van der Waals surface area contributed by atoms with Gasteiger partial charge < -0.3 is 9.80 Å². The van der Waals surface area contributed by atoms with E-state index in [0.29, 0.717) is 0 Å². The first-order valence-electron chi connectivity index (χ1n) is 9.02. The molecule has 132 valence electrons. The summed E-state index contributed by atoms with van der Waals surface area (Å²) in [6, 6.07) is 6.26. The number of carbonyl (C=O) groups is 1. The van der Waals surface area contributed by atoms with E-state index in [1.54, 1.807) is 4.90 Å². The number of hydrogen-bond donors (Lipinski definition) is 0. The van der Waals surface area contributed by atoms with Gasteiger partial charge in [0.05, 0.1) is 0 Å². The van der Waals surface area contributed by atoms with E-state index in [9.17, 15) is 4.79 Å². The topological polar surface area (TPSA) is 26.8 Å². The van der Waals surface area contributed by atoms with E-state index in [2.05, 4.69) is 21.9 Å². The van der Waals surface area contributed by atoms with Gasteiger partial charge in [0, 0.05) is 55.9 Å². The van der Waals surface area contributed by atoms with Crippen molar-refractivity contribution in [3.05, 3.63) is 28.8 Å². The fraction of sp³-hybridized carbons (Fsp3) is 0.632. The Kier molecular flexibility index (Phi) is 5.67. The third kappa shape index (κ3) is 3.86. The Morgan fingerprint density at radius 3 is 2.46 bits per heavy atom. The molecule has 2 heterocycles. The van der Waals surface area contributed by atoms with E-state index in [-0.39, 0.29) is 11.8 Å². The minimum atomic E-state index is 0.181. The van der Waals surface area contributed by atoms with Gasteiger partial charge in [-0.3, -0.25) is 9.69 Å². The van der Waals surface area contributed by atoms with Crippen LogP contribution in [-0.2, 0) is 11.3 Å². The van der Waals surface area contributed by atoms with Crippen LogP contribution in [-0.4, -0.2) is 56.0 Å². The fourth-order valence-corrected chi connectivity index (χ4v) is 4.11. The van der Waals surface area contributed by atoms with Crippen molar-refractivity contribution in [3.63, 3.8) is 0 Å². The number of halogens is 1. The summed E-state index contributed by atoms with van der Waals surface area (Å²) in [5, 5.41) is 0.867. The Balaban J connectivity index is 1.66. The van der Waals surface area contributed by atoms with Crippen molar-refractivity contribution < 1.29 is 4.79 Å². The minimum Gasteiger partial charge on any atom is -0.371 e. The van der Waals surface area contributed by atoms with Gasteiger partial charge in [-0.1, -0.05) is 17.7 Å². The molecule has 1 aromatic rings. The summed E-state index contributed by atoms with van der Waals surface area (Å²) in [4.78, 5) is 18.8. The van der Waals surface area contributed by atoms with Crippen molar-refractivity contribution >= 4 is 23.2 Å². The highest BCUT2D eigenvalue weighted by molar-refractivity contribution is 6.31. The number of carbonyl (C=O) groups excluding carboxylic acids is 1. The standard InChI is InChI=1S/C19H28ClN3O/c1-21(2)19(24)15-8-12-22(13-9-15)14-16-17(20)6-5-7-18(16)23-10-3-4-11-23/h5-7,15H,3-4,8-14H2,1-2H3. The maximum atomic E-state index is 12.1. The molecule has 0 unspecified atom stereocenters. The van der Waals surface area contributed by atoms with Crippen LogP contribution in [0.2, 0.25) is 5.02 Å². The van der Waals surface area contributed by atoms with Gasteiger partial charge in [-0.25, -0.2) is 0 Å². The number of hydrogen-bond acceptors (Lipinski definition) is 3. The Labute approximate surface area is 150 Å². The summed E-state index contributed by atoms with van der Waals surface area (Å²) >= 11 is 6.53. The van der Waals surface area contributed by atoms with Crippen molar-refractivity contribution in [3.8, 4) is 0 Å². The average Bonchev–Trinajstić information content (AvgIpc) is 3.11. The Morgan fingerprint density at radius 1 is 1.17 bits per heavy atom. The van der Waals surface area contributed by atoms with Gasteiger partial charge in [-0.2, -0.15) is 0 Å². The van der Waals surface area contributed by atoms with Gasteiger partial charge in [0.1, 0.15) is 0 Å². The minimum absolute atomic E-state index is 0.181. The Hall–Kier alpha value is -1.26. The summed E-state index contributed by atoms with van der Waals surface area (Å²) in [6.07, 6.45) is 4.43. The zero-order valence-electron chi connectivity index (χ0n) is 14.8.